The number of aryl methyl sites for hydroxylation is 1. The number of hydrogen-bond donors (Lipinski definition) is 0. The summed E-state index contributed by atoms with van der Waals surface area (Å²) in [5, 5.41) is 0. The first-order valence-corrected chi connectivity index (χ1v) is 9.22. The van der Waals surface area contributed by atoms with Gasteiger partial charge in [0.15, 0.2) is 0 Å². The SMILES string of the molecule is Cc1cccc(CS(=O)(=O)N2CCCC2C2CCC2)c1. The Morgan fingerprint density at radius 2 is 2.00 bits per heavy atom. The van der Waals surface area contributed by atoms with Crippen LogP contribution in [0.15, 0.2) is 24.3 Å². The van der Waals surface area contributed by atoms with Gasteiger partial charge in [-0.3, -0.25) is 0 Å². The molecule has 1 heterocycles. The molecule has 20 heavy (non-hydrogen) atoms. The minimum Gasteiger partial charge on any atom is -0.212 e. The third-order valence-electron chi connectivity index (χ3n) is 4.73. The number of hydrogen-bond acceptors (Lipinski definition) is 2. The molecule has 1 aliphatic heterocycles. The normalized spacial score (nSPS) is 24.8. The molecule has 2 aliphatic rings. The average Bonchev–Trinajstić information content (AvgIpc) is 2.75. The second-order valence-electron chi connectivity index (χ2n) is 6.26. The van der Waals surface area contributed by atoms with E-state index in [1.807, 2.05) is 31.2 Å². The van der Waals surface area contributed by atoms with Crippen LogP contribution in [-0.2, 0) is 15.8 Å². The van der Waals surface area contributed by atoms with Gasteiger partial charge in [0.05, 0.1) is 5.75 Å². The Bertz CT molecular complexity index is 578. The fourth-order valence-corrected chi connectivity index (χ4v) is 5.37. The van der Waals surface area contributed by atoms with Gasteiger partial charge in [0, 0.05) is 12.6 Å². The molecule has 4 heteroatoms. The zero-order chi connectivity index (χ0) is 14.2. The van der Waals surface area contributed by atoms with E-state index in [1.165, 1.54) is 19.3 Å². The van der Waals surface area contributed by atoms with Crippen LogP contribution in [0.25, 0.3) is 0 Å². The van der Waals surface area contributed by atoms with Crippen molar-refractivity contribution in [1.82, 2.24) is 4.31 Å². The van der Waals surface area contributed by atoms with Crippen LogP contribution in [0.2, 0.25) is 0 Å². The van der Waals surface area contributed by atoms with Crippen LogP contribution in [0.3, 0.4) is 0 Å². The maximum Gasteiger partial charge on any atom is 0.218 e. The van der Waals surface area contributed by atoms with Gasteiger partial charge in [0.25, 0.3) is 0 Å². The first-order valence-electron chi connectivity index (χ1n) is 7.61. The highest BCUT2D eigenvalue weighted by molar-refractivity contribution is 7.88. The van der Waals surface area contributed by atoms with E-state index in [2.05, 4.69) is 0 Å². The van der Waals surface area contributed by atoms with Crippen LogP contribution in [0.4, 0.5) is 0 Å². The molecule has 0 aromatic heterocycles. The molecule has 1 aromatic rings. The topological polar surface area (TPSA) is 37.4 Å². The second-order valence-corrected chi connectivity index (χ2v) is 8.18. The van der Waals surface area contributed by atoms with Crippen LogP contribution in [0, 0.1) is 12.8 Å². The number of nitrogens with zero attached hydrogens (tertiary/aromatic N) is 1. The van der Waals surface area contributed by atoms with Crippen molar-refractivity contribution in [3.05, 3.63) is 35.4 Å². The Morgan fingerprint density at radius 3 is 2.65 bits per heavy atom. The first-order chi connectivity index (χ1) is 9.56. The smallest absolute Gasteiger partial charge is 0.212 e. The van der Waals surface area contributed by atoms with Crippen LogP contribution >= 0.6 is 0 Å². The van der Waals surface area contributed by atoms with E-state index in [4.69, 9.17) is 0 Å². The van der Waals surface area contributed by atoms with Gasteiger partial charge in [0.2, 0.25) is 10.0 Å². The molecule has 0 radical (unpaired) electrons. The van der Waals surface area contributed by atoms with Gasteiger partial charge in [-0.05, 0) is 44.1 Å². The average molecular weight is 293 g/mol. The first kappa shape index (κ1) is 14.1. The lowest BCUT2D eigenvalue weighted by Crippen LogP contribution is -2.42. The molecule has 1 saturated carbocycles. The molecular formula is C16H23NO2S. The van der Waals surface area contributed by atoms with Crippen LogP contribution < -0.4 is 0 Å². The van der Waals surface area contributed by atoms with E-state index in [9.17, 15) is 8.42 Å². The van der Waals surface area contributed by atoms with Crippen molar-refractivity contribution >= 4 is 10.0 Å². The number of sulfonamides is 1. The predicted molar refractivity (Wildman–Crippen MR) is 80.9 cm³/mol. The van der Waals surface area contributed by atoms with Gasteiger partial charge in [0.1, 0.15) is 0 Å². The zero-order valence-corrected chi connectivity index (χ0v) is 12.9. The van der Waals surface area contributed by atoms with Gasteiger partial charge in [-0.15, -0.1) is 0 Å². The van der Waals surface area contributed by atoms with Gasteiger partial charge in [-0.2, -0.15) is 4.31 Å². The molecule has 110 valence electrons. The molecular weight excluding hydrogens is 270 g/mol. The van der Waals surface area contributed by atoms with Crippen molar-refractivity contribution in [1.29, 1.82) is 0 Å². The van der Waals surface area contributed by atoms with Crippen molar-refractivity contribution in [2.75, 3.05) is 6.54 Å². The highest BCUT2D eigenvalue weighted by Gasteiger charge is 2.40. The lowest BCUT2D eigenvalue weighted by Gasteiger charge is -2.36. The van der Waals surface area contributed by atoms with Crippen molar-refractivity contribution in [2.45, 2.75) is 50.8 Å². The Kier molecular flexibility index (Phi) is 3.87. The van der Waals surface area contributed by atoms with Crippen molar-refractivity contribution in [3.63, 3.8) is 0 Å². The Balaban J connectivity index is 1.77. The fraction of sp³-hybridized carbons (Fsp3) is 0.625. The summed E-state index contributed by atoms with van der Waals surface area (Å²) in [5.41, 5.74) is 2.03. The Morgan fingerprint density at radius 1 is 1.20 bits per heavy atom. The van der Waals surface area contributed by atoms with Crippen LogP contribution in [-0.4, -0.2) is 25.3 Å². The highest BCUT2D eigenvalue weighted by atomic mass is 32.2. The van der Waals surface area contributed by atoms with E-state index in [-0.39, 0.29) is 11.8 Å². The van der Waals surface area contributed by atoms with E-state index < -0.39 is 10.0 Å². The molecule has 1 aromatic carbocycles. The van der Waals surface area contributed by atoms with Crippen LogP contribution in [0.1, 0.15) is 43.2 Å². The minimum atomic E-state index is -3.17. The minimum absolute atomic E-state index is 0.151. The molecule has 1 unspecified atom stereocenters. The highest BCUT2D eigenvalue weighted by Crippen LogP contribution is 2.38. The molecule has 1 aliphatic carbocycles. The standard InChI is InChI=1S/C16H23NO2S/c1-13-5-2-6-14(11-13)12-20(18,19)17-10-4-9-16(17)15-7-3-8-15/h2,5-6,11,15-16H,3-4,7-10,12H2,1H3. The Hall–Kier alpha value is -0.870. The largest absolute Gasteiger partial charge is 0.218 e. The van der Waals surface area contributed by atoms with E-state index >= 15 is 0 Å². The number of rotatable bonds is 4. The maximum atomic E-state index is 12.7. The van der Waals surface area contributed by atoms with E-state index in [1.54, 1.807) is 4.31 Å². The van der Waals surface area contributed by atoms with Crippen molar-refractivity contribution in [3.8, 4) is 0 Å². The van der Waals surface area contributed by atoms with Gasteiger partial charge in [-0.25, -0.2) is 8.42 Å². The van der Waals surface area contributed by atoms with Gasteiger partial charge in [-0.1, -0.05) is 36.2 Å². The molecule has 2 fully saturated rings. The van der Waals surface area contributed by atoms with E-state index in [0.29, 0.717) is 5.92 Å². The zero-order valence-electron chi connectivity index (χ0n) is 12.1. The summed E-state index contributed by atoms with van der Waals surface area (Å²) in [6.07, 6.45) is 5.77. The van der Waals surface area contributed by atoms with E-state index in [0.717, 1.165) is 30.5 Å². The molecule has 1 atom stereocenters. The summed E-state index contributed by atoms with van der Waals surface area (Å²) < 4.78 is 27.2. The summed E-state index contributed by atoms with van der Waals surface area (Å²) in [5.74, 6) is 0.766. The van der Waals surface area contributed by atoms with Crippen molar-refractivity contribution < 1.29 is 8.42 Å². The van der Waals surface area contributed by atoms with Gasteiger partial charge >= 0.3 is 0 Å². The van der Waals surface area contributed by atoms with Gasteiger partial charge < -0.3 is 0 Å². The quantitative estimate of drug-likeness (QED) is 0.855. The lowest BCUT2D eigenvalue weighted by atomic mass is 9.79. The second kappa shape index (κ2) is 5.49. The fourth-order valence-electron chi connectivity index (χ4n) is 3.50. The molecule has 0 amide bonds. The summed E-state index contributed by atoms with van der Waals surface area (Å²) in [7, 11) is -3.17. The lowest BCUT2D eigenvalue weighted by molar-refractivity contribution is 0.191. The Labute approximate surface area is 122 Å². The predicted octanol–water partition coefficient (Wildman–Crippen LogP) is 3.09. The summed E-state index contributed by atoms with van der Waals surface area (Å²) >= 11 is 0. The monoisotopic (exact) mass is 293 g/mol. The summed E-state index contributed by atoms with van der Waals surface area (Å²) in [4.78, 5) is 0. The van der Waals surface area contributed by atoms with Crippen LogP contribution in [0.5, 0.6) is 0 Å². The summed E-state index contributed by atoms with van der Waals surface area (Å²) in [6.45, 7) is 2.72. The van der Waals surface area contributed by atoms with Crippen molar-refractivity contribution in [2.24, 2.45) is 5.92 Å². The molecule has 0 bridgehead atoms. The molecule has 3 nitrogen and oxygen atoms in total. The third kappa shape index (κ3) is 2.77. The maximum absolute atomic E-state index is 12.7. The molecule has 1 saturated heterocycles. The number of benzene rings is 1. The summed E-state index contributed by atoms with van der Waals surface area (Å²) in [6, 6.07) is 8.11. The molecule has 0 spiro atoms. The third-order valence-corrected chi connectivity index (χ3v) is 6.60. The molecule has 3 rings (SSSR count). The molecule has 0 N–H and O–H groups in total.